The maximum atomic E-state index is 11.4. The number of rotatable bonds is 6. The first-order valence-electron chi connectivity index (χ1n) is 5.72. The third kappa shape index (κ3) is 12.6. The fraction of sp³-hybridized carbons (Fsp3) is 1.00. The van der Waals surface area contributed by atoms with Gasteiger partial charge in [0.1, 0.15) is 36.6 Å². The van der Waals surface area contributed by atoms with E-state index >= 15 is 0 Å². The molecule has 1 aliphatic rings. The van der Waals surface area contributed by atoms with Crippen LogP contribution in [0.15, 0.2) is 0 Å². The van der Waals surface area contributed by atoms with E-state index in [2.05, 4.69) is 13.1 Å². The molecule has 6 unspecified atom stereocenters. The van der Waals surface area contributed by atoms with Gasteiger partial charge in [0.15, 0.2) is 0 Å². The van der Waals surface area contributed by atoms with Crippen molar-refractivity contribution >= 4 is 23.5 Å². The second-order valence-electron chi connectivity index (χ2n) is 4.53. The second kappa shape index (κ2) is 15.3. The van der Waals surface area contributed by atoms with Crippen molar-refractivity contribution in [3.05, 3.63) is 0 Å². The normalized spacial score (nSPS) is 34.2. The zero-order valence-corrected chi connectivity index (χ0v) is 25.8. The average Bonchev–Trinajstić information content (AvgIpc) is 2.35. The van der Waals surface area contributed by atoms with Gasteiger partial charge >= 0.3 is 118 Å². The zero-order valence-electron chi connectivity index (χ0n) is 15.1. The predicted molar refractivity (Wildman–Crippen MR) is 59.9 cm³/mol. The van der Waals surface area contributed by atoms with E-state index in [4.69, 9.17) is 0 Å². The molecule has 0 spiro atoms. The van der Waals surface area contributed by atoms with Crippen molar-refractivity contribution in [1.82, 2.24) is 0 Å². The summed E-state index contributed by atoms with van der Waals surface area (Å²) in [6.45, 7) is 0. The largest absolute Gasteiger partial charge is 1.00 e. The maximum Gasteiger partial charge on any atom is 1.00 e. The van der Waals surface area contributed by atoms with Crippen LogP contribution in [0.2, 0.25) is 0 Å². The zero-order chi connectivity index (χ0) is 19.1. The standard InChI is InChI=1S/C6H15O15P3.4Na/c7-1-2(8)4(10)6(5(11)3(1)9)19-23(15,16)21-24(17,18)20-22(12,13)14;;;;/h1-11H,(H,15,16)(H,17,18)(H2,12,13,14);;;;/q;4*+1/p-4. The summed E-state index contributed by atoms with van der Waals surface area (Å²) in [6, 6.07) is 0. The summed E-state index contributed by atoms with van der Waals surface area (Å²) >= 11 is 0. The van der Waals surface area contributed by atoms with Crippen LogP contribution >= 0.6 is 23.5 Å². The third-order valence-electron chi connectivity index (χ3n) is 2.72. The molecule has 1 aliphatic carbocycles. The number of aliphatic hydroxyl groups excluding tert-OH is 5. The monoisotopic (exact) mass is 508 g/mol. The first kappa shape index (κ1) is 39.4. The van der Waals surface area contributed by atoms with Gasteiger partial charge in [-0.1, -0.05) is 0 Å². The molecule has 0 radical (unpaired) electrons. The van der Waals surface area contributed by atoms with Gasteiger partial charge in [0.2, 0.25) is 0 Å². The van der Waals surface area contributed by atoms with Gasteiger partial charge in [0.05, 0.1) is 7.82 Å². The summed E-state index contributed by atoms with van der Waals surface area (Å²) < 4.78 is 42.5. The molecule has 22 heteroatoms. The van der Waals surface area contributed by atoms with Gasteiger partial charge in [-0.3, -0.25) is 13.4 Å². The SMILES string of the molecule is O=P([O-])([O-])OP(=O)([O-])OP(=O)([O-])OC1C(O)C(O)C(O)C(O)C1O.[Na+].[Na+].[Na+].[Na+]. The van der Waals surface area contributed by atoms with E-state index < -0.39 is 60.1 Å². The quantitative estimate of drug-likeness (QED) is 0.165. The van der Waals surface area contributed by atoms with Crippen molar-refractivity contribution in [1.29, 1.82) is 0 Å². The molecule has 144 valence electrons. The minimum absolute atomic E-state index is 0. The summed E-state index contributed by atoms with van der Waals surface area (Å²) in [4.78, 5) is 42.6. The number of hydrogen-bond acceptors (Lipinski definition) is 15. The van der Waals surface area contributed by atoms with Gasteiger partial charge in [0, 0.05) is 0 Å². The Bertz CT molecular complexity index is 586. The first-order valence-corrected chi connectivity index (χ1v) is 10.1. The average molecular weight is 508 g/mol. The molecule has 0 aliphatic heterocycles. The molecule has 0 aromatic rings. The molecule has 1 saturated carbocycles. The van der Waals surface area contributed by atoms with Crippen molar-refractivity contribution in [3.63, 3.8) is 0 Å². The Balaban J connectivity index is -0.000000720. The van der Waals surface area contributed by atoms with Crippen LogP contribution in [0.1, 0.15) is 0 Å². The van der Waals surface area contributed by atoms with Crippen molar-refractivity contribution in [2.45, 2.75) is 36.6 Å². The van der Waals surface area contributed by atoms with Crippen LogP contribution in [-0.4, -0.2) is 62.2 Å². The Kier molecular flexibility index (Phi) is 21.5. The van der Waals surface area contributed by atoms with Gasteiger partial charge < -0.3 is 54.2 Å². The van der Waals surface area contributed by atoms with Gasteiger partial charge in [-0.2, -0.15) is 0 Å². The van der Waals surface area contributed by atoms with Crippen molar-refractivity contribution in [2.24, 2.45) is 0 Å². The fourth-order valence-electron chi connectivity index (χ4n) is 1.75. The smallest absolute Gasteiger partial charge is 0.790 e. The molecule has 0 aromatic heterocycles. The predicted octanol–water partition coefficient (Wildman–Crippen LogP) is -18.0. The summed E-state index contributed by atoms with van der Waals surface area (Å²) in [6.07, 6.45) is -13.6. The second-order valence-corrected chi connectivity index (χ2v) is 8.73. The van der Waals surface area contributed by atoms with E-state index in [9.17, 15) is 58.8 Å². The Morgan fingerprint density at radius 1 is 0.571 bits per heavy atom. The Hall–Kier alpha value is 4.21. The number of hydrogen-bond donors (Lipinski definition) is 5. The van der Waals surface area contributed by atoms with Crippen LogP contribution in [0.3, 0.4) is 0 Å². The molecular weight excluding hydrogens is 497 g/mol. The third-order valence-corrected chi connectivity index (χ3v) is 6.43. The van der Waals surface area contributed by atoms with E-state index in [0.29, 0.717) is 0 Å². The van der Waals surface area contributed by atoms with E-state index in [1.165, 1.54) is 0 Å². The topological polar surface area (TPSA) is 272 Å². The molecule has 0 saturated heterocycles. The van der Waals surface area contributed by atoms with E-state index in [0.717, 1.165) is 0 Å². The maximum absolute atomic E-state index is 11.4. The van der Waals surface area contributed by atoms with Gasteiger partial charge in [-0.15, -0.1) is 0 Å². The minimum atomic E-state index is -6.26. The van der Waals surface area contributed by atoms with Crippen molar-refractivity contribution in [3.8, 4) is 0 Å². The molecule has 0 bridgehead atoms. The molecule has 6 atom stereocenters. The molecule has 5 N–H and O–H groups in total. The number of aliphatic hydroxyl groups is 5. The number of phosphoric acid groups is 3. The summed E-state index contributed by atoms with van der Waals surface area (Å²) in [7, 11) is -18.5. The Morgan fingerprint density at radius 3 is 1.21 bits per heavy atom. The molecule has 15 nitrogen and oxygen atoms in total. The van der Waals surface area contributed by atoms with Gasteiger partial charge in [-0.05, 0) is 0 Å². The molecular formula is C6H11Na4O15P3. The van der Waals surface area contributed by atoms with Crippen LogP contribution in [0.5, 0.6) is 0 Å². The molecule has 0 aromatic carbocycles. The Morgan fingerprint density at radius 2 is 0.893 bits per heavy atom. The van der Waals surface area contributed by atoms with Crippen LogP contribution in [-0.2, 0) is 26.8 Å². The molecule has 1 rings (SSSR count). The molecule has 0 heterocycles. The van der Waals surface area contributed by atoms with Crippen LogP contribution in [0.25, 0.3) is 0 Å². The summed E-state index contributed by atoms with van der Waals surface area (Å²) in [5.41, 5.74) is 0. The van der Waals surface area contributed by atoms with Crippen LogP contribution < -0.4 is 138 Å². The molecule has 28 heavy (non-hydrogen) atoms. The van der Waals surface area contributed by atoms with E-state index in [1.54, 1.807) is 0 Å². The fourth-order valence-corrected chi connectivity index (χ4v) is 4.80. The van der Waals surface area contributed by atoms with Gasteiger partial charge in [-0.25, -0.2) is 4.31 Å². The minimum Gasteiger partial charge on any atom is -0.790 e. The summed E-state index contributed by atoms with van der Waals surface area (Å²) in [5, 5.41) is 46.9. The van der Waals surface area contributed by atoms with Crippen molar-refractivity contribution < 1.29 is 190 Å². The summed E-state index contributed by atoms with van der Waals surface area (Å²) in [5.74, 6) is 0. The van der Waals surface area contributed by atoms with Crippen molar-refractivity contribution in [2.75, 3.05) is 0 Å². The van der Waals surface area contributed by atoms with E-state index in [1.807, 2.05) is 0 Å². The number of phosphoric ester groups is 1. The van der Waals surface area contributed by atoms with Gasteiger partial charge in [0.25, 0.3) is 15.6 Å². The van der Waals surface area contributed by atoms with Crippen LogP contribution in [0, 0.1) is 0 Å². The molecule has 0 amide bonds. The van der Waals surface area contributed by atoms with E-state index in [-0.39, 0.29) is 118 Å². The first-order chi connectivity index (χ1) is 10.6. The Labute approximate surface area is 246 Å². The molecule has 1 fully saturated rings. The van der Waals surface area contributed by atoms with Crippen LogP contribution in [0.4, 0.5) is 0 Å².